The highest BCUT2D eigenvalue weighted by molar-refractivity contribution is 7.91. The van der Waals surface area contributed by atoms with Crippen LogP contribution in [0.25, 0.3) is 10.2 Å². The molecule has 0 aliphatic rings. The Bertz CT molecular complexity index is 1140. The summed E-state index contributed by atoms with van der Waals surface area (Å²) < 4.78 is 37.9. The number of nitrogens with zero attached hydrogens (tertiary/aromatic N) is 2. The molecule has 3 aromatic rings. The first-order chi connectivity index (χ1) is 13.2. The summed E-state index contributed by atoms with van der Waals surface area (Å²) in [7, 11) is -3.60. The molecule has 0 unspecified atom stereocenters. The molecule has 0 saturated carbocycles. The van der Waals surface area contributed by atoms with Gasteiger partial charge in [0.15, 0.2) is 15.0 Å². The lowest BCUT2D eigenvalue weighted by molar-refractivity contribution is -0.384. The van der Waals surface area contributed by atoms with Crippen LogP contribution in [0.2, 0.25) is 0 Å². The summed E-state index contributed by atoms with van der Waals surface area (Å²) in [6.07, 6.45) is 0.0401. The maximum atomic E-state index is 12.9. The Morgan fingerprint density at radius 2 is 1.93 bits per heavy atom. The molecular formula is C17H14FN3O5S2. The van der Waals surface area contributed by atoms with Gasteiger partial charge in [0.2, 0.25) is 5.91 Å². The topological polar surface area (TPSA) is 119 Å². The van der Waals surface area contributed by atoms with Crippen LogP contribution in [-0.2, 0) is 14.6 Å². The molecule has 28 heavy (non-hydrogen) atoms. The third-order valence-corrected chi connectivity index (χ3v) is 6.59. The molecule has 8 nitrogen and oxygen atoms in total. The highest BCUT2D eigenvalue weighted by atomic mass is 32.2. The van der Waals surface area contributed by atoms with Gasteiger partial charge in [0.05, 0.1) is 25.8 Å². The molecular weight excluding hydrogens is 409 g/mol. The maximum Gasteiger partial charge on any atom is 0.271 e. The number of fused-ring (bicyclic) bond motifs is 1. The average Bonchev–Trinajstić information content (AvgIpc) is 3.03. The molecule has 0 aliphatic carbocycles. The molecule has 0 saturated heterocycles. The van der Waals surface area contributed by atoms with Crippen LogP contribution in [-0.4, -0.2) is 30.0 Å². The highest BCUT2D eigenvalue weighted by Gasteiger charge is 2.16. The Labute approximate surface area is 163 Å². The number of amides is 1. The molecule has 0 aliphatic heterocycles. The van der Waals surface area contributed by atoms with Gasteiger partial charge in [-0.3, -0.25) is 14.9 Å². The summed E-state index contributed by atoms with van der Waals surface area (Å²) in [6, 6.07) is 8.73. The normalized spacial score (nSPS) is 11.5. The lowest BCUT2D eigenvalue weighted by Crippen LogP contribution is -2.14. The Kier molecular flexibility index (Phi) is 5.66. The van der Waals surface area contributed by atoms with Crippen molar-refractivity contribution in [1.29, 1.82) is 0 Å². The lowest BCUT2D eigenvalue weighted by Gasteiger charge is -2.04. The molecule has 0 spiro atoms. The van der Waals surface area contributed by atoms with Gasteiger partial charge in [-0.05, 0) is 36.8 Å². The number of rotatable bonds is 7. The molecule has 1 amide bonds. The van der Waals surface area contributed by atoms with Gasteiger partial charge in [-0.25, -0.2) is 17.8 Å². The quantitative estimate of drug-likeness (QED) is 0.353. The SMILES string of the molecule is O=C(CCCS(=O)(=O)c1ccc(F)cc1)Nc1nc2cc([N+](=O)[O-])ccc2s1. The minimum atomic E-state index is -3.60. The van der Waals surface area contributed by atoms with E-state index in [2.05, 4.69) is 10.3 Å². The lowest BCUT2D eigenvalue weighted by atomic mass is 10.3. The van der Waals surface area contributed by atoms with Crippen LogP contribution >= 0.6 is 11.3 Å². The second kappa shape index (κ2) is 7.98. The molecule has 0 atom stereocenters. The molecule has 3 rings (SSSR count). The summed E-state index contributed by atoms with van der Waals surface area (Å²) in [4.78, 5) is 26.4. The third kappa shape index (κ3) is 4.67. The van der Waals surface area contributed by atoms with Crippen LogP contribution < -0.4 is 5.32 Å². The van der Waals surface area contributed by atoms with E-state index in [4.69, 9.17) is 0 Å². The molecule has 1 N–H and O–H groups in total. The number of benzene rings is 2. The standard InChI is InChI=1S/C17H14FN3O5S2/c18-11-3-6-13(7-4-11)28(25,26)9-1-2-16(22)20-17-19-14-10-12(21(23)24)5-8-15(14)27-17/h3-8,10H,1-2,9H2,(H,19,20,22). The number of carbonyl (C=O) groups is 1. The van der Waals surface area contributed by atoms with Crippen LogP contribution in [0, 0.1) is 15.9 Å². The summed E-state index contributed by atoms with van der Waals surface area (Å²) in [5.41, 5.74) is 0.301. The van der Waals surface area contributed by atoms with E-state index in [0.717, 1.165) is 23.5 Å². The summed E-state index contributed by atoms with van der Waals surface area (Å²) in [5, 5.41) is 13.6. The number of carbonyl (C=O) groups excluding carboxylic acids is 1. The van der Waals surface area contributed by atoms with Crippen molar-refractivity contribution in [3.8, 4) is 0 Å². The Balaban J connectivity index is 1.57. The zero-order chi connectivity index (χ0) is 20.3. The number of hydrogen-bond donors (Lipinski definition) is 1. The Morgan fingerprint density at radius 1 is 1.21 bits per heavy atom. The predicted octanol–water partition coefficient (Wildman–Crippen LogP) is 3.54. The number of nitro benzene ring substituents is 1. The van der Waals surface area contributed by atoms with Crippen molar-refractivity contribution in [1.82, 2.24) is 4.98 Å². The van der Waals surface area contributed by atoms with Crippen molar-refractivity contribution in [3.05, 3.63) is 58.4 Å². The van der Waals surface area contributed by atoms with E-state index in [1.54, 1.807) is 6.07 Å². The smallest absolute Gasteiger partial charge is 0.271 e. The van der Waals surface area contributed by atoms with Gasteiger partial charge in [-0.2, -0.15) is 0 Å². The number of halogens is 1. The van der Waals surface area contributed by atoms with Crippen LogP contribution in [0.5, 0.6) is 0 Å². The average molecular weight is 423 g/mol. The number of nitrogens with one attached hydrogen (secondary N) is 1. The third-order valence-electron chi connectivity index (χ3n) is 3.82. The van der Waals surface area contributed by atoms with Gasteiger partial charge in [0, 0.05) is 18.6 Å². The number of thiazole rings is 1. The van der Waals surface area contributed by atoms with Gasteiger partial charge >= 0.3 is 0 Å². The number of anilines is 1. The number of sulfone groups is 1. The molecule has 11 heteroatoms. The van der Waals surface area contributed by atoms with Gasteiger partial charge in [-0.15, -0.1) is 0 Å². The first-order valence-corrected chi connectivity index (χ1v) is 10.5. The summed E-state index contributed by atoms with van der Waals surface area (Å²) >= 11 is 1.16. The minimum absolute atomic E-state index is 0.00192. The van der Waals surface area contributed by atoms with Crippen LogP contribution in [0.15, 0.2) is 47.4 Å². The molecule has 0 radical (unpaired) electrons. The summed E-state index contributed by atoms with van der Waals surface area (Å²) in [5.74, 6) is -1.19. The summed E-state index contributed by atoms with van der Waals surface area (Å²) in [6.45, 7) is 0. The second-order valence-electron chi connectivity index (χ2n) is 5.85. The van der Waals surface area contributed by atoms with E-state index in [1.165, 1.54) is 24.3 Å². The molecule has 146 valence electrons. The monoisotopic (exact) mass is 423 g/mol. The van der Waals surface area contributed by atoms with Gasteiger partial charge in [-0.1, -0.05) is 11.3 Å². The number of hydrogen-bond acceptors (Lipinski definition) is 7. The zero-order valence-corrected chi connectivity index (χ0v) is 15.9. The molecule has 0 bridgehead atoms. The van der Waals surface area contributed by atoms with Crippen molar-refractivity contribution in [3.63, 3.8) is 0 Å². The van der Waals surface area contributed by atoms with E-state index in [1.807, 2.05) is 0 Å². The number of non-ortho nitro benzene ring substituents is 1. The fraction of sp³-hybridized carbons (Fsp3) is 0.176. The minimum Gasteiger partial charge on any atom is -0.302 e. The maximum absolute atomic E-state index is 12.9. The fourth-order valence-corrected chi connectivity index (χ4v) is 4.62. The van der Waals surface area contributed by atoms with E-state index in [0.29, 0.717) is 10.2 Å². The Morgan fingerprint density at radius 3 is 2.61 bits per heavy atom. The van der Waals surface area contributed by atoms with Gasteiger partial charge < -0.3 is 5.32 Å². The van der Waals surface area contributed by atoms with E-state index >= 15 is 0 Å². The van der Waals surface area contributed by atoms with Crippen LogP contribution in [0.4, 0.5) is 15.2 Å². The highest BCUT2D eigenvalue weighted by Crippen LogP contribution is 2.29. The van der Waals surface area contributed by atoms with Crippen LogP contribution in [0.1, 0.15) is 12.8 Å². The number of nitro groups is 1. The molecule has 1 aromatic heterocycles. The molecule has 1 heterocycles. The Hall–Kier alpha value is -2.92. The second-order valence-corrected chi connectivity index (χ2v) is 8.99. The predicted molar refractivity (Wildman–Crippen MR) is 103 cm³/mol. The number of aromatic nitrogens is 1. The van der Waals surface area contributed by atoms with Crippen molar-refractivity contribution >= 4 is 48.1 Å². The van der Waals surface area contributed by atoms with Crippen molar-refractivity contribution < 1.29 is 22.5 Å². The van der Waals surface area contributed by atoms with Crippen molar-refractivity contribution in [2.24, 2.45) is 0 Å². The largest absolute Gasteiger partial charge is 0.302 e. The van der Waals surface area contributed by atoms with E-state index < -0.39 is 26.5 Å². The molecule has 0 fully saturated rings. The van der Waals surface area contributed by atoms with Crippen molar-refractivity contribution in [2.45, 2.75) is 17.7 Å². The van der Waals surface area contributed by atoms with E-state index in [9.17, 15) is 27.7 Å². The zero-order valence-electron chi connectivity index (χ0n) is 14.3. The van der Waals surface area contributed by atoms with Crippen molar-refractivity contribution in [2.75, 3.05) is 11.1 Å². The first kappa shape index (κ1) is 19.8. The van der Waals surface area contributed by atoms with Crippen LogP contribution in [0.3, 0.4) is 0 Å². The molecule has 2 aromatic carbocycles. The van der Waals surface area contributed by atoms with Gasteiger partial charge in [0.1, 0.15) is 5.82 Å². The van der Waals surface area contributed by atoms with Gasteiger partial charge in [0.25, 0.3) is 5.69 Å². The first-order valence-electron chi connectivity index (χ1n) is 8.08. The fourth-order valence-electron chi connectivity index (χ4n) is 2.45. The van der Waals surface area contributed by atoms with E-state index in [-0.39, 0.29) is 34.3 Å².